The normalized spacial score (nSPS) is 11.3. The number of para-hydroxylation sites is 2. The fraction of sp³-hybridized carbons (Fsp3) is 0.0909. The second-order valence-corrected chi connectivity index (χ2v) is 6.62. The zero-order valence-electron chi connectivity index (χ0n) is 14.9. The Morgan fingerprint density at radius 3 is 2.48 bits per heavy atom. The van der Waals surface area contributed by atoms with E-state index in [-0.39, 0.29) is 0 Å². The van der Waals surface area contributed by atoms with Gasteiger partial charge < -0.3 is 14.7 Å². The summed E-state index contributed by atoms with van der Waals surface area (Å²) in [6, 6.07) is 22.1. The molecule has 0 aliphatic carbocycles. The van der Waals surface area contributed by atoms with Gasteiger partial charge in [-0.3, -0.25) is 0 Å². The molecule has 27 heavy (non-hydrogen) atoms. The second-order valence-electron chi connectivity index (χ2n) is 6.62. The summed E-state index contributed by atoms with van der Waals surface area (Å²) in [4.78, 5) is 15.8. The highest BCUT2D eigenvalue weighted by atomic mass is 16.5. The molecule has 5 nitrogen and oxygen atoms in total. The zero-order valence-corrected chi connectivity index (χ0v) is 14.9. The number of fused-ring (bicyclic) bond motifs is 2. The third-order valence-corrected chi connectivity index (χ3v) is 4.58. The third kappa shape index (κ3) is 3.04. The maximum absolute atomic E-state index is 5.88. The van der Waals surface area contributed by atoms with Crippen LogP contribution in [0.1, 0.15) is 11.4 Å². The molecule has 5 rings (SSSR count). The molecule has 0 saturated carbocycles. The highest BCUT2D eigenvalue weighted by molar-refractivity contribution is 5.79. The summed E-state index contributed by atoms with van der Waals surface area (Å²) in [6.45, 7) is 2.47. The number of ether oxygens (including phenoxy) is 1. The number of rotatable bonds is 4. The molecule has 3 aromatic carbocycles. The van der Waals surface area contributed by atoms with Gasteiger partial charge in [-0.15, -0.1) is 0 Å². The van der Waals surface area contributed by atoms with Crippen molar-refractivity contribution in [1.29, 1.82) is 0 Å². The van der Waals surface area contributed by atoms with Gasteiger partial charge in [0.05, 0.1) is 22.1 Å². The van der Waals surface area contributed by atoms with E-state index in [4.69, 9.17) is 4.74 Å². The van der Waals surface area contributed by atoms with Gasteiger partial charge in [0.15, 0.2) is 0 Å². The van der Waals surface area contributed by atoms with Gasteiger partial charge in [0, 0.05) is 5.56 Å². The minimum Gasteiger partial charge on any atom is -0.486 e. The van der Waals surface area contributed by atoms with Gasteiger partial charge in [0.1, 0.15) is 24.0 Å². The first kappa shape index (κ1) is 15.6. The Hall–Kier alpha value is -3.60. The fourth-order valence-corrected chi connectivity index (χ4v) is 3.19. The fourth-order valence-electron chi connectivity index (χ4n) is 3.19. The molecule has 0 saturated heterocycles. The molecule has 0 aliphatic heterocycles. The summed E-state index contributed by atoms with van der Waals surface area (Å²) in [5.41, 5.74) is 6.23. The number of nitrogens with one attached hydrogen (secondary N) is 2. The first-order valence-electron chi connectivity index (χ1n) is 8.88. The molecule has 0 fully saturated rings. The number of H-pyrrole nitrogens is 2. The monoisotopic (exact) mass is 354 g/mol. The van der Waals surface area contributed by atoms with Crippen LogP contribution in [0.15, 0.2) is 66.7 Å². The maximum atomic E-state index is 5.88. The lowest BCUT2D eigenvalue weighted by molar-refractivity contribution is 0.297. The van der Waals surface area contributed by atoms with Crippen molar-refractivity contribution < 1.29 is 4.74 Å². The molecular weight excluding hydrogens is 336 g/mol. The summed E-state index contributed by atoms with van der Waals surface area (Å²) in [7, 11) is 0. The Bertz CT molecular complexity index is 1200. The Balaban J connectivity index is 1.32. The Morgan fingerprint density at radius 1 is 0.815 bits per heavy atom. The predicted octanol–water partition coefficient (Wildman–Crippen LogP) is 4.99. The van der Waals surface area contributed by atoms with E-state index in [0.29, 0.717) is 6.61 Å². The van der Waals surface area contributed by atoms with Crippen molar-refractivity contribution >= 4 is 22.1 Å². The number of nitrogens with zero attached hydrogens (tertiary/aromatic N) is 2. The molecule has 2 N–H and O–H groups in total. The average molecular weight is 354 g/mol. The van der Waals surface area contributed by atoms with Gasteiger partial charge in [0.2, 0.25) is 0 Å². The number of aromatic nitrogens is 4. The molecule has 0 bridgehead atoms. The standard InChI is InChI=1S/C22H18N4O/c1-14-6-11-19-20(12-14)24-21(23-19)13-27-16-9-7-15(8-10-16)22-25-17-4-2-3-5-18(17)26-22/h2-12H,13H2,1H3,(H,23,24)(H,25,26). The van der Waals surface area contributed by atoms with Gasteiger partial charge in [0.25, 0.3) is 0 Å². The lowest BCUT2D eigenvalue weighted by atomic mass is 10.2. The maximum Gasteiger partial charge on any atom is 0.146 e. The predicted molar refractivity (Wildman–Crippen MR) is 107 cm³/mol. The minimum atomic E-state index is 0.401. The third-order valence-electron chi connectivity index (χ3n) is 4.58. The van der Waals surface area contributed by atoms with E-state index < -0.39 is 0 Å². The van der Waals surface area contributed by atoms with Crippen LogP contribution >= 0.6 is 0 Å². The quantitative estimate of drug-likeness (QED) is 0.478. The lowest BCUT2D eigenvalue weighted by Gasteiger charge is -2.04. The molecular formula is C22H18N4O. The summed E-state index contributed by atoms with van der Waals surface area (Å²) in [5.74, 6) is 2.47. The summed E-state index contributed by atoms with van der Waals surface area (Å²) >= 11 is 0. The Morgan fingerprint density at radius 2 is 1.63 bits per heavy atom. The highest BCUT2D eigenvalue weighted by Crippen LogP contribution is 2.23. The molecule has 2 heterocycles. The highest BCUT2D eigenvalue weighted by Gasteiger charge is 2.06. The number of hydrogen-bond donors (Lipinski definition) is 2. The van der Waals surface area contributed by atoms with E-state index in [9.17, 15) is 0 Å². The summed E-state index contributed by atoms with van der Waals surface area (Å²) in [5, 5.41) is 0. The van der Waals surface area contributed by atoms with Crippen LogP contribution in [0.2, 0.25) is 0 Å². The molecule has 0 spiro atoms. The van der Waals surface area contributed by atoms with Crippen molar-refractivity contribution in [3.8, 4) is 17.1 Å². The molecule has 0 amide bonds. The topological polar surface area (TPSA) is 66.6 Å². The zero-order chi connectivity index (χ0) is 18.2. The molecule has 5 heteroatoms. The van der Waals surface area contributed by atoms with Crippen LogP contribution in [-0.2, 0) is 6.61 Å². The van der Waals surface area contributed by atoms with E-state index in [0.717, 1.165) is 45.0 Å². The van der Waals surface area contributed by atoms with Crippen LogP contribution in [0.5, 0.6) is 5.75 Å². The molecule has 0 radical (unpaired) electrons. The summed E-state index contributed by atoms with van der Waals surface area (Å²) in [6.07, 6.45) is 0. The van der Waals surface area contributed by atoms with Crippen LogP contribution in [0.3, 0.4) is 0 Å². The molecule has 5 aromatic rings. The van der Waals surface area contributed by atoms with Crippen molar-refractivity contribution in [1.82, 2.24) is 19.9 Å². The molecule has 132 valence electrons. The Labute approximate surface area is 156 Å². The van der Waals surface area contributed by atoms with Gasteiger partial charge in [-0.05, 0) is 61.0 Å². The number of benzene rings is 3. The van der Waals surface area contributed by atoms with Crippen molar-refractivity contribution in [3.63, 3.8) is 0 Å². The average Bonchev–Trinajstić information content (AvgIpc) is 3.30. The van der Waals surface area contributed by atoms with Crippen LogP contribution in [0.25, 0.3) is 33.5 Å². The molecule has 0 atom stereocenters. The van der Waals surface area contributed by atoms with Crippen LogP contribution in [0, 0.1) is 6.92 Å². The largest absolute Gasteiger partial charge is 0.486 e. The molecule has 0 unspecified atom stereocenters. The smallest absolute Gasteiger partial charge is 0.146 e. The first-order valence-corrected chi connectivity index (χ1v) is 8.88. The van der Waals surface area contributed by atoms with E-state index >= 15 is 0 Å². The van der Waals surface area contributed by atoms with Gasteiger partial charge >= 0.3 is 0 Å². The van der Waals surface area contributed by atoms with E-state index in [1.165, 1.54) is 5.56 Å². The van der Waals surface area contributed by atoms with Gasteiger partial charge in [-0.2, -0.15) is 0 Å². The second kappa shape index (κ2) is 6.29. The molecule has 0 aliphatic rings. The van der Waals surface area contributed by atoms with Crippen molar-refractivity contribution in [2.75, 3.05) is 0 Å². The van der Waals surface area contributed by atoms with Crippen LogP contribution < -0.4 is 4.74 Å². The number of aromatic amines is 2. The first-order chi connectivity index (χ1) is 13.2. The van der Waals surface area contributed by atoms with Crippen molar-refractivity contribution in [3.05, 3.63) is 78.1 Å². The Kier molecular flexibility index (Phi) is 3.64. The van der Waals surface area contributed by atoms with Crippen molar-refractivity contribution in [2.45, 2.75) is 13.5 Å². The van der Waals surface area contributed by atoms with Gasteiger partial charge in [-0.1, -0.05) is 18.2 Å². The number of imidazole rings is 2. The van der Waals surface area contributed by atoms with E-state index in [1.807, 2.05) is 54.6 Å². The molecule has 2 aromatic heterocycles. The van der Waals surface area contributed by atoms with Crippen LogP contribution in [-0.4, -0.2) is 19.9 Å². The van der Waals surface area contributed by atoms with E-state index in [1.54, 1.807) is 0 Å². The number of hydrogen-bond acceptors (Lipinski definition) is 3. The lowest BCUT2D eigenvalue weighted by Crippen LogP contribution is -1.97. The van der Waals surface area contributed by atoms with E-state index in [2.05, 4.69) is 39.0 Å². The van der Waals surface area contributed by atoms with Gasteiger partial charge in [-0.25, -0.2) is 9.97 Å². The summed E-state index contributed by atoms with van der Waals surface area (Å²) < 4.78 is 5.88. The SMILES string of the molecule is Cc1ccc2nc(COc3ccc(-c4nc5ccccc5[nH]4)cc3)[nH]c2c1. The van der Waals surface area contributed by atoms with Crippen molar-refractivity contribution in [2.24, 2.45) is 0 Å². The number of aryl methyl sites for hydroxylation is 1. The van der Waals surface area contributed by atoms with Crippen LogP contribution in [0.4, 0.5) is 0 Å². The minimum absolute atomic E-state index is 0.401.